The predicted molar refractivity (Wildman–Crippen MR) is 66.9 cm³/mol. The molecule has 0 aliphatic carbocycles. The van der Waals surface area contributed by atoms with Crippen LogP contribution >= 0.6 is 0 Å². The Labute approximate surface area is 97.0 Å². The summed E-state index contributed by atoms with van der Waals surface area (Å²) in [5, 5.41) is 9.10. The van der Waals surface area contributed by atoms with E-state index in [0.29, 0.717) is 0 Å². The number of hydrogen-bond donors (Lipinski definition) is 2. The maximum Gasteiger partial charge on any atom is 0.0621 e. The predicted octanol–water partition coefficient (Wildman–Crippen LogP) is 1.89. The van der Waals surface area contributed by atoms with Gasteiger partial charge in [-0.05, 0) is 30.5 Å². The topological polar surface area (TPSA) is 59.1 Å². The Morgan fingerprint density at radius 1 is 1.62 bits per heavy atom. The summed E-state index contributed by atoms with van der Waals surface area (Å²) in [5.41, 5.74) is 9.20. The van der Waals surface area contributed by atoms with Gasteiger partial charge in [-0.3, -0.25) is 4.98 Å². The second kappa shape index (κ2) is 6.40. The summed E-state index contributed by atoms with van der Waals surface area (Å²) in [5.74, 6) is 0. The minimum atomic E-state index is -0.264. The summed E-state index contributed by atoms with van der Waals surface area (Å²) >= 11 is 0. The molecule has 0 saturated carbocycles. The average Bonchev–Trinajstić information content (AvgIpc) is 2.30. The molecule has 1 heterocycles. The van der Waals surface area contributed by atoms with Gasteiger partial charge in [-0.15, -0.1) is 0 Å². The molecule has 3 heteroatoms. The number of aromatic nitrogens is 1. The van der Waals surface area contributed by atoms with E-state index in [0.717, 1.165) is 24.0 Å². The highest BCUT2D eigenvalue weighted by molar-refractivity contribution is 5.56. The summed E-state index contributed by atoms with van der Waals surface area (Å²) in [6.45, 7) is 4.14. The molecule has 3 N–H and O–H groups in total. The smallest absolute Gasteiger partial charge is 0.0621 e. The Morgan fingerprint density at radius 3 is 2.94 bits per heavy atom. The third-order valence-corrected chi connectivity index (χ3v) is 2.63. The van der Waals surface area contributed by atoms with Gasteiger partial charge in [0.15, 0.2) is 0 Å². The first kappa shape index (κ1) is 12.9. The molecule has 3 nitrogen and oxygen atoms in total. The molecule has 88 valence electrons. The van der Waals surface area contributed by atoms with Crippen molar-refractivity contribution in [3.8, 4) is 0 Å². The Hall–Kier alpha value is -1.19. The van der Waals surface area contributed by atoms with Crippen LogP contribution in [0.2, 0.25) is 0 Å². The molecule has 0 radical (unpaired) electrons. The molecular formula is C13H20N2O. The first-order valence-corrected chi connectivity index (χ1v) is 5.66. The van der Waals surface area contributed by atoms with Crippen LogP contribution in [0, 0.1) is 6.92 Å². The van der Waals surface area contributed by atoms with Crippen LogP contribution in [0.3, 0.4) is 0 Å². The van der Waals surface area contributed by atoms with Gasteiger partial charge >= 0.3 is 0 Å². The molecule has 1 aromatic rings. The molecule has 0 aliphatic rings. The summed E-state index contributed by atoms with van der Waals surface area (Å²) in [4.78, 5) is 4.10. The number of aliphatic hydroxyl groups excluding tert-OH is 1. The van der Waals surface area contributed by atoms with E-state index in [1.807, 2.05) is 25.3 Å². The molecule has 1 unspecified atom stereocenters. The average molecular weight is 220 g/mol. The second-order valence-electron chi connectivity index (χ2n) is 3.99. The van der Waals surface area contributed by atoms with Gasteiger partial charge in [-0.2, -0.15) is 0 Å². The maximum absolute atomic E-state index is 9.10. The Balaban J connectivity index is 2.97. The van der Waals surface area contributed by atoms with Gasteiger partial charge in [0.1, 0.15) is 0 Å². The van der Waals surface area contributed by atoms with Crippen LogP contribution in [0.4, 0.5) is 0 Å². The van der Waals surface area contributed by atoms with Crippen molar-refractivity contribution in [1.82, 2.24) is 4.98 Å². The van der Waals surface area contributed by atoms with E-state index < -0.39 is 0 Å². The molecule has 0 saturated heterocycles. The van der Waals surface area contributed by atoms with E-state index in [9.17, 15) is 0 Å². The molecule has 1 rings (SSSR count). The summed E-state index contributed by atoms with van der Waals surface area (Å²) < 4.78 is 0. The van der Waals surface area contributed by atoms with Crippen molar-refractivity contribution < 1.29 is 5.11 Å². The lowest BCUT2D eigenvalue weighted by molar-refractivity contribution is 0.278. The second-order valence-corrected chi connectivity index (χ2v) is 3.99. The molecule has 1 aromatic heterocycles. The number of aryl methyl sites for hydroxylation is 1. The van der Waals surface area contributed by atoms with Gasteiger partial charge in [0.2, 0.25) is 0 Å². The zero-order valence-corrected chi connectivity index (χ0v) is 9.98. The fraction of sp³-hybridized carbons (Fsp3) is 0.462. The van der Waals surface area contributed by atoms with Crippen molar-refractivity contribution in [3.05, 3.63) is 35.2 Å². The van der Waals surface area contributed by atoms with Crippen molar-refractivity contribution in [2.24, 2.45) is 5.73 Å². The van der Waals surface area contributed by atoms with Crippen LogP contribution in [0.25, 0.3) is 6.08 Å². The molecule has 0 aromatic carbocycles. The number of nitrogens with two attached hydrogens (primary N) is 1. The largest absolute Gasteiger partial charge is 0.394 e. The van der Waals surface area contributed by atoms with Crippen LogP contribution in [-0.4, -0.2) is 22.7 Å². The first-order chi connectivity index (χ1) is 7.69. The lowest BCUT2D eigenvalue weighted by atomic mass is 9.99. The Kier molecular flexibility index (Phi) is 5.15. The van der Waals surface area contributed by atoms with E-state index in [1.54, 1.807) is 6.20 Å². The van der Waals surface area contributed by atoms with Gasteiger partial charge in [-0.1, -0.05) is 25.0 Å². The van der Waals surface area contributed by atoms with E-state index in [-0.39, 0.29) is 12.6 Å². The number of rotatable bonds is 5. The minimum absolute atomic E-state index is 0.00879. The number of pyridine rings is 1. The third-order valence-electron chi connectivity index (χ3n) is 2.63. The molecule has 0 bridgehead atoms. The van der Waals surface area contributed by atoms with E-state index in [4.69, 9.17) is 10.8 Å². The fourth-order valence-corrected chi connectivity index (χ4v) is 1.60. The van der Waals surface area contributed by atoms with Crippen molar-refractivity contribution in [2.45, 2.75) is 32.7 Å². The van der Waals surface area contributed by atoms with E-state index in [2.05, 4.69) is 11.9 Å². The highest BCUT2D eigenvalue weighted by Crippen LogP contribution is 2.16. The monoisotopic (exact) mass is 220 g/mol. The summed E-state index contributed by atoms with van der Waals surface area (Å²) in [7, 11) is 0. The number of aliphatic hydroxyl groups is 1. The van der Waals surface area contributed by atoms with Crippen LogP contribution in [0.5, 0.6) is 0 Å². The summed E-state index contributed by atoms with van der Waals surface area (Å²) in [6, 6.07) is 1.71. The third kappa shape index (κ3) is 3.43. The van der Waals surface area contributed by atoms with Crippen molar-refractivity contribution in [2.75, 3.05) is 6.61 Å². The van der Waals surface area contributed by atoms with Crippen LogP contribution in [0.15, 0.2) is 24.0 Å². The normalized spacial score (nSPS) is 13.9. The summed E-state index contributed by atoms with van der Waals surface area (Å²) in [6.07, 6.45) is 7.59. The van der Waals surface area contributed by atoms with E-state index >= 15 is 0 Å². The molecule has 1 atom stereocenters. The highest BCUT2D eigenvalue weighted by atomic mass is 16.3. The molecule has 0 aliphatic heterocycles. The molecule has 0 fully saturated rings. The van der Waals surface area contributed by atoms with E-state index in [1.165, 1.54) is 5.56 Å². The zero-order valence-electron chi connectivity index (χ0n) is 9.98. The molecular weight excluding hydrogens is 200 g/mol. The van der Waals surface area contributed by atoms with Crippen LogP contribution in [-0.2, 0) is 0 Å². The van der Waals surface area contributed by atoms with Crippen molar-refractivity contribution in [3.63, 3.8) is 0 Å². The van der Waals surface area contributed by atoms with Crippen molar-refractivity contribution >= 4 is 6.08 Å². The van der Waals surface area contributed by atoms with Crippen molar-refractivity contribution in [1.29, 1.82) is 0 Å². The molecule has 16 heavy (non-hydrogen) atoms. The lowest BCUT2D eigenvalue weighted by Gasteiger charge is -2.13. The molecule has 0 spiro atoms. The minimum Gasteiger partial charge on any atom is -0.394 e. The lowest BCUT2D eigenvalue weighted by Crippen LogP contribution is -2.26. The standard InChI is InChI=1S/C13H20N2O/c1-3-4-11(13(14)9-16)7-12-8-15-6-5-10(12)2/h5-8,13,16H,3-4,9,14H2,1-2H3/b11-7+. The molecule has 0 amide bonds. The number of hydrogen-bond acceptors (Lipinski definition) is 3. The zero-order chi connectivity index (χ0) is 12.0. The number of nitrogens with zero attached hydrogens (tertiary/aromatic N) is 1. The highest BCUT2D eigenvalue weighted by Gasteiger charge is 2.07. The van der Waals surface area contributed by atoms with Gasteiger partial charge < -0.3 is 10.8 Å². The maximum atomic E-state index is 9.10. The van der Waals surface area contributed by atoms with Gasteiger partial charge in [0.05, 0.1) is 6.61 Å². The SMILES string of the molecule is CCC/C(=C\c1cnccc1C)C(N)CO. The quantitative estimate of drug-likeness (QED) is 0.796. The first-order valence-electron chi connectivity index (χ1n) is 5.66. The van der Waals surface area contributed by atoms with Gasteiger partial charge in [0.25, 0.3) is 0 Å². The van der Waals surface area contributed by atoms with Gasteiger partial charge in [0, 0.05) is 18.4 Å². The fourth-order valence-electron chi connectivity index (χ4n) is 1.60. The van der Waals surface area contributed by atoms with Gasteiger partial charge in [-0.25, -0.2) is 0 Å². The van der Waals surface area contributed by atoms with Crippen LogP contribution in [0.1, 0.15) is 30.9 Å². The Bertz CT molecular complexity index is 361. The Morgan fingerprint density at radius 2 is 2.38 bits per heavy atom. The van der Waals surface area contributed by atoms with Crippen LogP contribution < -0.4 is 5.73 Å².